The van der Waals surface area contributed by atoms with Crippen molar-refractivity contribution in [3.63, 3.8) is 0 Å². The van der Waals surface area contributed by atoms with E-state index in [4.69, 9.17) is 92.6 Å². The van der Waals surface area contributed by atoms with Crippen LogP contribution in [0.2, 0.25) is 10.3 Å². The Labute approximate surface area is 671 Å². The van der Waals surface area contributed by atoms with E-state index in [9.17, 15) is 43.8 Å². The highest BCUT2D eigenvalue weighted by atomic mass is 35.5. The summed E-state index contributed by atoms with van der Waals surface area (Å²) in [6, 6.07) is 9.28. The van der Waals surface area contributed by atoms with E-state index in [0.29, 0.717) is 75.6 Å². The van der Waals surface area contributed by atoms with Gasteiger partial charge in [-0.25, -0.2) is 29.5 Å². The van der Waals surface area contributed by atoms with E-state index < -0.39 is 76.4 Å². The first kappa shape index (κ1) is 76.9. The second-order valence-electron chi connectivity index (χ2n) is 31.2. The molecule has 4 bridgehead atoms. The van der Waals surface area contributed by atoms with E-state index in [1.165, 1.54) is 44.8 Å². The zero-order chi connectivity index (χ0) is 94.0. The largest absolute Gasteiger partial charge is 0.497 e. The Morgan fingerprint density at radius 3 is 1.42 bits per heavy atom. The van der Waals surface area contributed by atoms with Gasteiger partial charge in [0.25, 0.3) is 11.8 Å². The number of benzene rings is 2. The molecule has 2 aromatic carbocycles. The fourth-order valence-corrected chi connectivity index (χ4v) is 15.7. The Morgan fingerprint density at radius 2 is 1.04 bits per heavy atom. The summed E-state index contributed by atoms with van der Waals surface area (Å²) in [6.07, 6.45) is 15.8. The SMILES string of the molecule is C.C.C=CCCC[C@@H]1[C@@H]2CC[C@@H](C2)[C@H]1OC(=O)C[C@H](C(=O)O)C(C)(C)C.C=CCCC[C@H]1[C@H]2CC[C@H](C2)[C@@H]1OC(=O)C[C@H](C(=O)O)C(C)(C)C.COC(=O)[C@@H]1[C@H](C)[C@@H](Oc2nc3cc(OC)ccc3nc2Cl)CN1C(=O)OC(C)(C)C.COC(=O)[C@H]1NC[C@H](Oc2nc3cc(OC)ccc3nc2Cl)[C@H]1C.Cl.[2HH].[2H][2H].[2H][2H].[2H][2H].[2H][2H].[2H][2H].[2H][2H].[2H][2H].[2H][2H].[2H][2H]. The molecule has 0 unspecified atom stereocenters. The van der Waals surface area contributed by atoms with Crippen molar-refractivity contribution in [3.8, 4) is 23.3 Å². The van der Waals surface area contributed by atoms with Crippen LogP contribution in [-0.4, -0.2) is 161 Å². The molecular weight excluding hydrogens is 1430 g/mol. The summed E-state index contributed by atoms with van der Waals surface area (Å²) < 4.78 is 139. The number of fused-ring (bicyclic) bond motifs is 6. The fourth-order valence-electron chi connectivity index (χ4n) is 15.3. The second kappa shape index (κ2) is 40.2. The van der Waals surface area contributed by atoms with Crippen LogP contribution < -0.4 is 24.3 Å². The third kappa shape index (κ3) is 23.9. The number of esters is 4. The van der Waals surface area contributed by atoms with Crippen molar-refractivity contribution in [2.45, 2.75) is 223 Å². The number of nitrogens with zero attached hydrogens (tertiary/aromatic N) is 5. The van der Waals surface area contributed by atoms with Gasteiger partial charge >= 0.3 is 41.9 Å². The standard InChI is InChI=1S/C21H26ClN3O6.2C20H32O4.C16H18ClN3O4.2CH4.ClH.10H2/c1-11-15(10-25(16(11)19(26)29-6)20(27)31-21(2,3)4)30-18-17(22)23-13-8-7-12(28-5)9-14(13)24-18;2*1-5-6-7-8-15-13-9-10-14(11-13)18(15)24-17(21)12-16(19(22)23)20(2,3)4;1-8-12(7-18-13(8)16(21)23-3)24-15-14(17)19-10-5-4-9(22-2)6-11(10)20-15;;;;;;;;;;;;;/h7-9,11,15-16H,10H2,1-6H3;2*5,13-16,18H,1,6-12H2,2-4H3,(H,22,23);4-6,8,12-13,18H,7H2,1-3H3;2*1H4;11*1H/t11-,15+,16+;13-,14+,15-,16+,18-;13-,14+,15-,16-,18-;8-,12+,13+;;;;;;;;;;;;;/m1011............./s1/i;;;;;;;9*1+1D;1+1. The Morgan fingerprint density at radius 1 is 0.623 bits per heavy atom. The molecule has 3 N–H and O–H groups in total. The van der Waals surface area contributed by atoms with Crippen LogP contribution in [0.1, 0.15) is 209 Å². The minimum atomic E-state index is -0.921. The fraction of sp³-hybridized carbons (Fsp3) is 0.658. The number of ether oxygens (including phenoxy) is 9. The molecule has 0 spiro atoms. The predicted molar refractivity (Wildman–Crippen MR) is 431 cm³/mol. The van der Waals surface area contributed by atoms with E-state index >= 15 is 0 Å². The van der Waals surface area contributed by atoms with Crippen LogP contribution in [-0.2, 0) is 52.5 Å². The Hall–Kier alpha value is -7.28. The van der Waals surface area contributed by atoms with Gasteiger partial charge in [-0.2, -0.15) is 0 Å². The number of aromatic nitrogens is 4. The number of allylic oxidation sites excluding steroid dienone is 2. The summed E-state index contributed by atoms with van der Waals surface area (Å²) in [7, 11) is 5.78. The lowest BCUT2D eigenvalue weighted by molar-refractivity contribution is -0.162. The highest BCUT2D eigenvalue weighted by Crippen LogP contribution is 2.53. The molecule has 106 heavy (non-hydrogen) atoms. The molecule has 27 heteroatoms. The number of methoxy groups -OCH3 is 4. The summed E-state index contributed by atoms with van der Waals surface area (Å²) in [4.78, 5) is 103. The molecule has 16 atom stereocenters. The number of carboxylic acid groups (broad SMARTS) is 2. The van der Waals surface area contributed by atoms with Crippen LogP contribution >= 0.6 is 35.6 Å². The predicted octanol–water partition coefficient (Wildman–Crippen LogP) is 18.3. The van der Waals surface area contributed by atoms with Crippen molar-refractivity contribution < 1.29 is 115 Å². The Balaban J connectivity index is -0.000000278. The normalized spacial score (nSPS) is 25.8. The number of halogens is 3. The molecule has 10 rings (SSSR count). The molecule has 1 amide bonds. The van der Waals surface area contributed by atoms with Crippen molar-refractivity contribution in [1.82, 2.24) is 30.2 Å². The zero-order valence-electron chi connectivity index (χ0n) is 80.9. The lowest BCUT2D eigenvalue weighted by Crippen LogP contribution is -2.45. The number of unbranched alkanes of at least 4 members (excludes halogenated alkanes) is 2. The number of likely N-dealkylation sites (tertiary alicyclic amines) is 1. The van der Waals surface area contributed by atoms with Crippen LogP contribution in [0.15, 0.2) is 61.7 Å². The minimum absolute atomic E-state index is 0. The highest BCUT2D eigenvalue weighted by Gasteiger charge is 2.52. The molecule has 4 aliphatic carbocycles. The van der Waals surface area contributed by atoms with Gasteiger partial charge in [0.1, 0.15) is 53.6 Å². The monoisotopic (exact) mass is 1580 g/mol. The van der Waals surface area contributed by atoms with E-state index in [1.807, 2.05) is 60.6 Å². The smallest absolute Gasteiger partial charge is 0.411 e. The molecule has 4 saturated carbocycles. The molecule has 2 aliphatic heterocycles. The number of carboxylic acids is 2. The van der Waals surface area contributed by atoms with E-state index in [2.05, 4.69) is 38.4 Å². The summed E-state index contributed by atoms with van der Waals surface area (Å²) in [5.41, 5.74) is 0.770. The first-order valence-corrected chi connectivity index (χ1v) is 36.6. The number of rotatable bonds is 24. The first-order chi connectivity index (χ1) is 57.5. The van der Waals surface area contributed by atoms with E-state index in [-0.39, 0.29) is 112 Å². The first-order valence-electron chi connectivity index (χ1n) is 44.9. The quantitative estimate of drug-likeness (QED) is 0.0254. The van der Waals surface area contributed by atoms with Crippen LogP contribution in [0.25, 0.3) is 22.1 Å². The molecular formula is C79H137Cl3N6O18. The molecule has 6 aliphatic rings. The van der Waals surface area contributed by atoms with Crippen LogP contribution in [0.3, 0.4) is 0 Å². The van der Waals surface area contributed by atoms with Gasteiger partial charge in [0.15, 0.2) is 10.3 Å². The van der Waals surface area contributed by atoms with Crippen molar-refractivity contribution in [2.75, 3.05) is 41.5 Å². The van der Waals surface area contributed by atoms with E-state index in [1.54, 1.807) is 78.3 Å². The lowest BCUT2D eigenvalue weighted by atomic mass is 9.78. The summed E-state index contributed by atoms with van der Waals surface area (Å²) >= 11 is 12.5. The lowest BCUT2D eigenvalue weighted by Gasteiger charge is -2.32. The molecule has 4 aromatic rings. The third-order valence-electron chi connectivity index (χ3n) is 21.0. The molecule has 612 valence electrons. The third-order valence-corrected chi connectivity index (χ3v) is 21.5. The number of aliphatic carboxylic acids is 2. The molecule has 0 radical (unpaired) electrons. The molecule has 2 saturated heterocycles. The van der Waals surface area contributed by atoms with Crippen molar-refractivity contribution in [3.05, 3.63) is 72.0 Å². The Bertz CT molecular complexity index is 3630. The number of amides is 1. The summed E-state index contributed by atoms with van der Waals surface area (Å²) in [5, 5.41) is 22.2. The van der Waals surface area contributed by atoms with Crippen molar-refractivity contribution >= 4 is 99.6 Å². The zero-order valence-corrected chi connectivity index (χ0v) is 65.2. The van der Waals surface area contributed by atoms with Crippen LogP contribution in [0, 0.1) is 70.0 Å². The maximum Gasteiger partial charge on any atom is 0.411 e. The molecule has 2 aromatic heterocycles. The number of nitrogens with one attached hydrogen (secondary N) is 1. The van der Waals surface area contributed by atoms with Crippen molar-refractivity contribution in [1.29, 1.82) is 0 Å². The van der Waals surface area contributed by atoms with Gasteiger partial charge in [0.2, 0.25) is 0 Å². The van der Waals surface area contributed by atoms with Crippen molar-refractivity contribution in [2.24, 2.45) is 70.0 Å². The van der Waals surface area contributed by atoms with Gasteiger partial charge in [0, 0.05) is 58.7 Å². The number of hydrogen-bond donors (Lipinski definition) is 3. The maximum atomic E-state index is 12.7. The van der Waals surface area contributed by atoms with Gasteiger partial charge in [-0.1, -0.05) is 106 Å². The summed E-state index contributed by atoms with van der Waals surface area (Å²) in [6.45, 7) is 28.2. The van der Waals surface area contributed by atoms with Gasteiger partial charge < -0.3 is 58.2 Å². The van der Waals surface area contributed by atoms with Crippen LogP contribution in [0.4, 0.5) is 4.79 Å². The molecule has 4 heterocycles. The molecule has 24 nitrogen and oxygen atoms in total. The van der Waals surface area contributed by atoms with Crippen LogP contribution in [0.5, 0.6) is 23.3 Å². The maximum absolute atomic E-state index is 12.7. The van der Waals surface area contributed by atoms with E-state index in [0.717, 1.165) is 51.4 Å². The number of carbonyl (C=O) groups is 7. The average Bonchev–Trinajstić information content (AvgIpc) is 1.81. The van der Waals surface area contributed by atoms with Gasteiger partial charge in [-0.15, -0.1) is 25.6 Å². The number of carbonyl (C=O) groups excluding carboxylic acids is 5. The highest BCUT2D eigenvalue weighted by molar-refractivity contribution is 6.31. The van der Waals surface area contributed by atoms with Gasteiger partial charge in [-0.05, 0) is 168 Å². The molecule has 6 fully saturated rings. The van der Waals surface area contributed by atoms with Gasteiger partial charge in [-0.3, -0.25) is 28.9 Å². The second-order valence-corrected chi connectivity index (χ2v) is 31.9. The summed E-state index contributed by atoms with van der Waals surface area (Å²) in [5.74, 6) is -0.455. The van der Waals surface area contributed by atoms with Gasteiger partial charge in [0.05, 0.1) is 81.7 Å². The minimum Gasteiger partial charge on any atom is -0.497 e. The topological polar surface area (TPSA) is 310 Å². The number of hydrogen-bond acceptors (Lipinski definition) is 21. The average molecular weight is 1580 g/mol. The Kier molecular flexibility index (Phi) is 29.2.